The van der Waals surface area contributed by atoms with E-state index in [1.54, 1.807) is 36.9 Å². The van der Waals surface area contributed by atoms with Gasteiger partial charge in [0.15, 0.2) is 10.1 Å². The Kier molecular flexibility index (Phi) is 8.34. The number of hydrogen-bond donors (Lipinski definition) is 1. The average molecular weight is 669 g/mol. The first kappa shape index (κ1) is 31.0. The van der Waals surface area contributed by atoms with Crippen molar-refractivity contribution >= 4 is 78.3 Å². The fraction of sp³-hybridized carbons (Fsp3) is 0.0789. The van der Waals surface area contributed by atoms with Gasteiger partial charge in [0.2, 0.25) is 0 Å². The Labute approximate surface area is 284 Å². The fourth-order valence-corrected chi connectivity index (χ4v) is 7.64. The van der Waals surface area contributed by atoms with Crippen molar-refractivity contribution in [3.8, 4) is 5.69 Å². The van der Waals surface area contributed by atoms with Crippen molar-refractivity contribution in [2.75, 3.05) is 0 Å². The van der Waals surface area contributed by atoms with Gasteiger partial charge in [0.1, 0.15) is 0 Å². The first-order valence-corrected chi connectivity index (χ1v) is 16.7. The number of oxime groups is 2. The van der Waals surface area contributed by atoms with Gasteiger partial charge in [-0.2, -0.15) is 0 Å². The summed E-state index contributed by atoms with van der Waals surface area (Å²) >= 11 is 3.24. The number of hydrogen-bond acceptors (Lipinski definition) is 9. The van der Waals surface area contributed by atoms with Crippen LogP contribution in [0.2, 0.25) is 0 Å². The summed E-state index contributed by atoms with van der Waals surface area (Å²) in [4.78, 5) is 35.5. The lowest BCUT2D eigenvalue weighted by molar-refractivity contribution is -0.140. The smallest absolute Gasteiger partial charge is 0.331 e. The zero-order valence-electron chi connectivity index (χ0n) is 26.2. The van der Waals surface area contributed by atoms with Crippen LogP contribution in [-0.4, -0.2) is 37.9 Å². The summed E-state index contributed by atoms with van der Waals surface area (Å²) in [5, 5.41) is 18.6. The summed E-state index contributed by atoms with van der Waals surface area (Å²) < 4.78 is 4.23. The first-order valence-electron chi connectivity index (χ1n) is 15.1. The number of carbonyl (C=O) groups excluding carboxylic acids is 2. The standard InChI is InChI=1S/C38H28N4O4S2/c1-22(40-45)27-12-18-34-31(20-27)32-21-28(13-19-35(32)42(34)29-14-8-25(9-15-29)23(2)41-46-24(3)43)37(44)26-10-16-30(17-11-26)47-38-39-33-6-4-5-7-36(33)48-38/h4-21,45H,1-3H3. The lowest BCUT2D eigenvalue weighted by Gasteiger charge is -2.10. The highest BCUT2D eigenvalue weighted by Gasteiger charge is 2.18. The number of benzene rings is 5. The number of rotatable bonds is 8. The van der Waals surface area contributed by atoms with Gasteiger partial charge >= 0.3 is 5.97 Å². The molecule has 236 valence electrons. The normalized spacial score (nSPS) is 12.2. The van der Waals surface area contributed by atoms with Gasteiger partial charge in [-0.3, -0.25) is 4.79 Å². The van der Waals surface area contributed by atoms with Gasteiger partial charge < -0.3 is 14.6 Å². The van der Waals surface area contributed by atoms with E-state index in [9.17, 15) is 14.8 Å². The molecule has 8 nitrogen and oxygen atoms in total. The molecule has 0 bridgehead atoms. The predicted molar refractivity (Wildman–Crippen MR) is 192 cm³/mol. The van der Waals surface area contributed by atoms with Crippen LogP contribution in [0.3, 0.4) is 0 Å². The van der Waals surface area contributed by atoms with Crippen LogP contribution >= 0.6 is 23.1 Å². The Hall–Kier alpha value is -5.58. The molecule has 0 unspecified atom stereocenters. The van der Waals surface area contributed by atoms with Crippen LogP contribution in [0, 0.1) is 0 Å². The number of thiazole rings is 1. The van der Waals surface area contributed by atoms with E-state index < -0.39 is 5.97 Å². The maximum absolute atomic E-state index is 13.8. The molecule has 0 spiro atoms. The highest BCUT2D eigenvalue weighted by atomic mass is 32.2. The maximum atomic E-state index is 13.8. The molecule has 0 aliphatic carbocycles. The number of aromatic nitrogens is 2. The van der Waals surface area contributed by atoms with Crippen LogP contribution < -0.4 is 0 Å². The summed E-state index contributed by atoms with van der Waals surface area (Å²) in [6.07, 6.45) is 0. The second-order valence-corrected chi connectivity index (χ2v) is 13.5. The van der Waals surface area contributed by atoms with Crippen LogP contribution in [0.1, 0.15) is 47.8 Å². The van der Waals surface area contributed by atoms with Crippen molar-refractivity contribution in [3.05, 3.63) is 131 Å². The molecule has 7 rings (SSSR count). The molecule has 2 heterocycles. The minimum Gasteiger partial charge on any atom is -0.411 e. The molecule has 1 N–H and O–H groups in total. The number of carbonyl (C=O) groups is 2. The molecule has 7 aromatic rings. The number of nitrogens with zero attached hydrogens (tertiary/aromatic N) is 4. The fourth-order valence-electron chi connectivity index (χ4n) is 5.60. The molecule has 0 fully saturated rings. The molecule has 48 heavy (non-hydrogen) atoms. The zero-order valence-corrected chi connectivity index (χ0v) is 27.8. The van der Waals surface area contributed by atoms with Crippen LogP contribution in [0.5, 0.6) is 0 Å². The second kappa shape index (κ2) is 12.9. The van der Waals surface area contributed by atoms with E-state index >= 15 is 0 Å². The largest absolute Gasteiger partial charge is 0.411 e. The Morgan fingerprint density at radius 2 is 1.38 bits per heavy atom. The Morgan fingerprint density at radius 1 is 0.750 bits per heavy atom. The quantitative estimate of drug-likeness (QED) is 0.0569. The van der Waals surface area contributed by atoms with E-state index in [-0.39, 0.29) is 5.78 Å². The van der Waals surface area contributed by atoms with Crippen LogP contribution in [0.4, 0.5) is 0 Å². The highest BCUT2D eigenvalue weighted by Crippen LogP contribution is 2.36. The molecular formula is C38H28N4O4S2. The first-order chi connectivity index (χ1) is 23.3. The van der Waals surface area contributed by atoms with Crippen molar-refractivity contribution in [2.45, 2.75) is 30.0 Å². The highest BCUT2D eigenvalue weighted by molar-refractivity contribution is 8.01. The average Bonchev–Trinajstić information content (AvgIpc) is 3.68. The number of para-hydroxylation sites is 1. The van der Waals surface area contributed by atoms with Crippen molar-refractivity contribution in [2.24, 2.45) is 10.3 Å². The molecule has 0 saturated carbocycles. The van der Waals surface area contributed by atoms with E-state index in [0.29, 0.717) is 22.6 Å². The van der Waals surface area contributed by atoms with Crippen LogP contribution in [0.15, 0.2) is 129 Å². The number of fused-ring (bicyclic) bond motifs is 4. The van der Waals surface area contributed by atoms with E-state index in [1.165, 1.54) is 6.92 Å². The summed E-state index contributed by atoms with van der Waals surface area (Å²) in [6, 6.07) is 35.1. The van der Waals surface area contributed by atoms with E-state index in [4.69, 9.17) is 9.82 Å². The molecule has 10 heteroatoms. The van der Waals surface area contributed by atoms with Crippen molar-refractivity contribution in [1.29, 1.82) is 0 Å². The Morgan fingerprint density at radius 3 is 2.04 bits per heavy atom. The van der Waals surface area contributed by atoms with Crippen LogP contribution in [-0.2, 0) is 9.63 Å². The molecule has 0 radical (unpaired) electrons. The molecule has 5 aromatic carbocycles. The molecule has 0 amide bonds. The lowest BCUT2D eigenvalue weighted by Crippen LogP contribution is -2.02. The van der Waals surface area contributed by atoms with E-state index in [1.807, 2.05) is 103 Å². The molecule has 0 aliphatic heterocycles. The minimum atomic E-state index is -0.480. The minimum absolute atomic E-state index is 0.0783. The molecule has 0 atom stereocenters. The SMILES string of the molecule is CC(=O)ON=C(C)c1ccc(-n2c3ccc(C(=O)c4ccc(Sc5nc6ccccc6s5)cc4)cc3c3cc(C(C)=NO)ccc32)cc1. The van der Waals surface area contributed by atoms with Crippen molar-refractivity contribution < 1.29 is 19.6 Å². The van der Waals surface area contributed by atoms with Crippen LogP contribution in [0.25, 0.3) is 37.7 Å². The number of ketones is 1. The van der Waals surface area contributed by atoms with Gasteiger partial charge in [0.05, 0.1) is 32.7 Å². The molecular weight excluding hydrogens is 641 g/mol. The third-order valence-corrected chi connectivity index (χ3v) is 10.2. The van der Waals surface area contributed by atoms with Gasteiger partial charge in [-0.25, -0.2) is 9.78 Å². The monoisotopic (exact) mass is 668 g/mol. The predicted octanol–water partition coefficient (Wildman–Crippen LogP) is 9.26. The van der Waals surface area contributed by atoms with E-state index in [2.05, 4.69) is 20.9 Å². The van der Waals surface area contributed by atoms with Crippen molar-refractivity contribution in [1.82, 2.24) is 9.55 Å². The van der Waals surface area contributed by atoms with Gasteiger partial charge in [-0.05, 0) is 104 Å². The molecule has 0 saturated heterocycles. The summed E-state index contributed by atoms with van der Waals surface area (Å²) in [6.45, 7) is 4.83. The third-order valence-electron chi connectivity index (χ3n) is 8.05. The lowest BCUT2D eigenvalue weighted by atomic mass is 10.0. The van der Waals surface area contributed by atoms with Crippen molar-refractivity contribution in [3.63, 3.8) is 0 Å². The summed E-state index contributed by atoms with van der Waals surface area (Å²) in [5.74, 6) is -0.558. The third kappa shape index (κ3) is 5.99. The van der Waals surface area contributed by atoms with Gasteiger partial charge in [0, 0.05) is 39.4 Å². The van der Waals surface area contributed by atoms with Gasteiger partial charge in [0.25, 0.3) is 0 Å². The maximum Gasteiger partial charge on any atom is 0.331 e. The molecule has 0 aliphatic rings. The van der Waals surface area contributed by atoms with Gasteiger partial charge in [-0.1, -0.05) is 52.4 Å². The Balaban J connectivity index is 1.24. The second-order valence-electron chi connectivity index (χ2n) is 11.2. The van der Waals surface area contributed by atoms with Gasteiger partial charge in [-0.15, -0.1) is 11.3 Å². The summed E-state index contributed by atoms with van der Waals surface area (Å²) in [7, 11) is 0. The topological polar surface area (TPSA) is 106 Å². The zero-order chi connectivity index (χ0) is 33.4. The van der Waals surface area contributed by atoms with E-state index in [0.717, 1.165) is 58.1 Å². The molecule has 2 aromatic heterocycles. The summed E-state index contributed by atoms with van der Waals surface area (Å²) in [5.41, 5.74) is 7.54. The Bertz CT molecular complexity index is 2390.